The van der Waals surface area contributed by atoms with Crippen LogP contribution in [-0.4, -0.2) is 33.2 Å². The SMILES string of the molecule is COc1ccc(Nc2nc(N)nc3c2ncn3C2CCCCO2)c(Cl)c1. The van der Waals surface area contributed by atoms with Crippen molar-refractivity contribution in [2.24, 2.45) is 0 Å². The highest BCUT2D eigenvalue weighted by molar-refractivity contribution is 6.33. The highest BCUT2D eigenvalue weighted by Gasteiger charge is 2.21. The van der Waals surface area contributed by atoms with Crippen molar-refractivity contribution in [2.75, 3.05) is 24.8 Å². The molecule has 9 heteroatoms. The van der Waals surface area contributed by atoms with Crippen molar-refractivity contribution in [1.82, 2.24) is 19.5 Å². The van der Waals surface area contributed by atoms with Crippen LogP contribution in [0, 0.1) is 0 Å². The first-order valence-corrected chi connectivity index (χ1v) is 8.75. The Morgan fingerprint density at radius 1 is 1.35 bits per heavy atom. The Morgan fingerprint density at radius 2 is 2.23 bits per heavy atom. The number of ether oxygens (including phenoxy) is 2. The Hall–Kier alpha value is -2.58. The van der Waals surface area contributed by atoms with Crippen LogP contribution in [0.1, 0.15) is 25.5 Å². The first-order valence-electron chi connectivity index (χ1n) is 8.38. The molecule has 3 heterocycles. The summed E-state index contributed by atoms with van der Waals surface area (Å²) in [5, 5.41) is 3.69. The number of halogens is 1. The van der Waals surface area contributed by atoms with E-state index in [1.165, 1.54) is 0 Å². The summed E-state index contributed by atoms with van der Waals surface area (Å²) in [4.78, 5) is 13.1. The van der Waals surface area contributed by atoms with Crippen LogP contribution in [-0.2, 0) is 4.74 Å². The van der Waals surface area contributed by atoms with Gasteiger partial charge in [-0.2, -0.15) is 9.97 Å². The number of nitrogens with one attached hydrogen (secondary N) is 1. The van der Waals surface area contributed by atoms with Crippen LogP contribution in [0.5, 0.6) is 5.75 Å². The zero-order chi connectivity index (χ0) is 18.1. The van der Waals surface area contributed by atoms with Gasteiger partial charge in [0.25, 0.3) is 0 Å². The second kappa shape index (κ2) is 6.97. The molecule has 4 rings (SSSR count). The topological polar surface area (TPSA) is 100 Å². The van der Waals surface area contributed by atoms with Crippen molar-refractivity contribution in [3.8, 4) is 5.75 Å². The highest BCUT2D eigenvalue weighted by atomic mass is 35.5. The maximum absolute atomic E-state index is 6.31. The molecule has 1 fully saturated rings. The van der Waals surface area contributed by atoms with E-state index in [9.17, 15) is 0 Å². The summed E-state index contributed by atoms with van der Waals surface area (Å²) in [6, 6.07) is 5.34. The molecule has 0 bridgehead atoms. The molecule has 0 saturated carbocycles. The number of aromatic nitrogens is 4. The molecule has 1 aromatic carbocycles. The molecule has 1 aliphatic heterocycles. The largest absolute Gasteiger partial charge is 0.497 e. The molecular weight excluding hydrogens is 356 g/mol. The van der Waals surface area contributed by atoms with Gasteiger partial charge in [-0.15, -0.1) is 0 Å². The van der Waals surface area contributed by atoms with Crippen molar-refractivity contribution in [1.29, 1.82) is 0 Å². The van der Waals surface area contributed by atoms with Gasteiger partial charge in [-0.25, -0.2) is 4.98 Å². The zero-order valence-electron chi connectivity index (χ0n) is 14.3. The minimum absolute atomic E-state index is 0.0829. The summed E-state index contributed by atoms with van der Waals surface area (Å²) < 4.78 is 12.9. The summed E-state index contributed by atoms with van der Waals surface area (Å²) >= 11 is 6.31. The van der Waals surface area contributed by atoms with E-state index in [-0.39, 0.29) is 12.2 Å². The third-order valence-electron chi connectivity index (χ3n) is 4.33. The molecule has 0 spiro atoms. The van der Waals surface area contributed by atoms with Gasteiger partial charge in [0.15, 0.2) is 17.0 Å². The number of benzene rings is 1. The second-order valence-corrected chi connectivity index (χ2v) is 6.45. The van der Waals surface area contributed by atoms with E-state index in [1.54, 1.807) is 19.5 Å². The van der Waals surface area contributed by atoms with Gasteiger partial charge in [0.1, 0.15) is 12.0 Å². The lowest BCUT2D eigenvalue weighted by Gasteiger charge is -2.23. The molecule has 0 amide bonds. The number of hydrogen-bond donors (Lipinski definition) is 2. The van der Waals surface area contributed by atoms with Gasteiger partial charge in [-0.3, -0.25) is 4.57 Å². The third-order valence-corrected chi connectivity index (χ3v) is 4.65. The minimum atomic E-state index is -0.0829. The lowest BCUT2D eigenvalue weighted by atomic mass is 10.2. The molecule has 1 unspecified atom stereocenters. The van der Waals surface area contributed by atoms with Crippen LogP contribution in [0.15, 0.2) is 24.5 Å². The van der Waals surface area contributed by atoms with E-state index in [0.29, 0.717) is 33.4 Å². The molecule has 3 aromatic rings. The number of hydrogen-bond acceptors (Lipinski definition) is 7. The predicted octanol–water partition coefficient (Wildman–Crippen LogP) is 3.51. The number of rotatable bonds is 4. The lowest BCUT2D eigenvalue weighted by molar-refractivity contribution is -0.0298. The fraction of sp³-hybridized carbons (Fsp3) is 0.353. The fourth-order valence-electron chi connectivity index (χ4n) is 3.03. The highest BCUT2D eigenvalue weighted by Crippen LogP contribution is 2.32. The third kappa shape index (κ3) is 3.13. The minimum Gasteiger partial charge on any atom is -0.497 e. The van der Waals surface area contributed by atoms with Gasteiger partial charge < -0.3 is 20.5 Å². The average Bonchev–Trinajstić information content (AvgIpc) is 3.08. The Kier molecular flexibility index (Phi) is 4.52. The van der Waals surface area contributed by atoms with Crippen molar-refractivity contribution in [2.45, 2.75) is 25.5 Å². The van der Waals surface area contributed by atoms with Crippen LogP contribution in [0.2, 0.25) is 5.02 Å². The number of imidazole rings is 1. The number of nitrogen functional groups attached to an aromatic ring is 1. The molecule has 26 heavy (non-hydrogen) atoms. The summed E-state index contributed by atoms with van der Waals surface area (Å²) in [5.41, 5.74) is 7.85. The number of fused-ring (bicyclic) bond motifs is 1. The van der Waals surface area contributed by atoms with E-state index in [1.807, 2.05) is 16.7 Å². The molecule has 1 atom stereocenters. The van der Waals surface area contributed by atoms with Gasteiger partial charge in [0.05, 0.1) is 24.1 Å². The van der Waals surface area contributed by atoms with Gasteiger partial charge in [-0.1, -0.05) is 11.6 Å². The standard InChI is InChI=1S/C17H19ClN6O2/c1-25-10-5-6-12(11(18)8-10)21-15-14-16(23-17(19)22-15)24(9-20-14)13-4-2-3-7-26-13/h5-6,8-9,13H,2-4,7H2,1H3,(H3,19,21,22,23). The number of anilines is 3. The summed E-state index contributed by atoms with van der Waals surface area (Å²) in [6.45, 7) is 0.734. The van der Waals surface area contributed by atoms with E-state index in [2.05, 4.69) is 20.3 Å². The number of nitrogens with zero attached hydrogens (tertiary/aromatic N) is 4. The normalized spacial score (nSPS) is 17.4. The summed E-state index contributed by atoms with van der Waals surface area (Å²) in [7, 11) is 1.59. The van der Waals surface area contributed by atoms with Crippen LogP contribution in [0.4, 0.5) is 17.5 Å². The fourth-order valence-corrected chi connectivity index (χ4v) is 3.24. The smallest absolute Gasteiger partial charge is 0.224 e. The van der Waals surface area contributed by atoms with E-state index < -0.39 is 0 Å². The Morgan fingerprint density at radius 3 is 2.96 bits per heavy atom. The molecule has 2 aromatic heterocycles. The van der Waals surface area contributed by atoms with Gasteiger partial charge in [-0.05, 0) is 31.4 Å². The molecule has 1 saturated heterocycles. The quantitative estimate of drug-likeness (QED) is 0.720. The van der Waals surface area contributed by atoms with Crippen molar-refractivity contribution in [3.63, 3.8) is 0 Å². The average molecular weight is 375 g/mol. The first kappa shape index (κ1) is 16.9. The Balaban J connectivity index is 1.72. The molecule has 0 radical (unpaired) electrons. The van der Waals surface area contributed by atoms with Gasteiger partial charge >= 0.3 is 0 Å². The van der Waals surface area contributed by atoms with Crippen molar-refractivity contribution < 1.29 is 9.47 Å². The van der Waals surface area contributed by atoms with E-state index in [0.717, 1.165) is 25.9 Å². The molecule has 136 valence electrons. The van der Waals surface area contributed by atoms with Crippen LogP contribution >= 0.6 is 11.6 Å². The zero-order valence-corrected chi connectivity index (χ0v) is 15.0. The second-order valence-electron chi connectivity index (χ2n) is 6.05. The van der Waals surface area contributed by atoms with E-state index in [4.69, 9.17) is 26.8 Å². The monoisotopic (exact) mass is 374 g/mol. The van der Waals surface area contributed by atoms with Gasteiger partial charge in [0, 0.05) is 12.7 Å². The Labute approximate surface area is 155 Å². The number of methoxy groups -OCH3 is 1. The van der Waals surface area contributed by atoms with Gasteiger partial charge in [0.2, 0.25) is 5.95 Å². The summed E-state index contributed by atoms with van der Waals surface area (Å²) in [6.07, 6.45) is 4.74. The lowest BCUT2D eigenvalue weighted by Crippen LogP contribution is -2.18. The maximum atomic E-state index is 6.31. The molecule has 1 aliphatic rings. The molecule has 3 N–H and O–H groups in total. The van der Waals surface area contributed by atoms with Crippen molar-refractivity contribution >= 4 is 40.2 Å². The van der Waals surface area contributed by atoms with E-state index >= 15 is 0 Å². The molecule has 8 nitrogen and oxygen atoms in total. The molecule has 0 aliphatic carbocycles. The predicted molar refractivity (Wildman–Crippen MR) is 99.9 cm³/mol. The molecular formula is C17H19ClN6O2. The number of nitrogens with two attached hydrogens (primary N) is 1. The maximum Gasteiger partial charge on any atom is 0.224 e. The van der Waals surface area contributed by atoms with Crippen LogP contribution in [0.3, 0.4) is 0 Å². The summed E-state index contributed by atoms with van der Waals surface area (Å²) in [5.74, 6) is 1.32. The first-order chi connectivity index (χ1) is 12.7. The Bertz CT molecular complexity index is 938. The van der Waals surface area contributed by atoms with Crippen LogP contribution in [0.25, 0.3) is 11.2 Å². The van der Waals surface area contributed by atoms with Crippen LogP contribution < -0.4 is 15.8 Å². The van der Waals surface area contributed by atoms with Crippen molar-refractivity contribution in [3.05, 3.63) is 29.5 Å².